The Balaban J connectivity index is 1.97. The Morgan fingerprint density at radius 3 is 2.29 bits per heavy atom. The third-order valence-corrected chi connectivity index (χ3v) is 10.7. The Morgan fingerprint density at radius 2 is 1.79 bits per heavy atom. The summed E-state index contributed by atoms with van der Waals surface area (Å²) < 4.78 is 0. The van der Waals surface area contributed by atoms with Gasteiger partial charge in [0.05, 0.1) is 41.1 Å². The highest BCUT2D eigenvalue weighted by molar-refractivity contribution is 6.03. The van der Waals surface area contributed by atoms with E-state index in [1.807, 2.05) is 13.8 Å². The lowest BCUT2D eigenvalue weighted by atomic mass is 9.34. The van der Waals surface area contributed by atoms with Gasteiger partial charge in [-0.25, -0.2) is 0 Å². The number of aliphatic carboxylic acids is 2. The van der Waals surface area contributed by atoms with Crippen molar-refractivity contribution in [3.8, 4) is 12.1 Å². The minimum Gasteiger partial charge on any atom is -0.481 e. The minimum atomic E-state index is -1.83. The van der Waals surface area contributed by atoms with Gasteiger partial charge in [-0.1, -0.05) is 20.8 Å². The van der Waals surface area contributed by atoms with Gasteiger partial charge in [-0.3, -0.25) is 14.4 Å². The molecule has 0 aromatic carbocycles. The summed E-state index contributed by atoms with van der Waals surface area (Å²) in [7, 11) is 0. The Bertz CT molecular complexity index is 1030. The zero-order valence-electron chi connectivity index (χ0n) is 19.7. The number of fused-ring (bicyclic) bond motifs is 5. The number of hydrogen-bond acceptors (Lipinski definition) is 7. The van der Waals surface area contributed by atoms with Gasteiger partial charge in [0.25, 0.3) is 0 Å². The Morgan fingerprint density at radius 1 is 1.15 bits per heavy atom. The molecule has 11 atom stereocenters. The molecule has 0 aromatic heterocycles. The number of aliphatic hydroxyl groups excluding tert-OH is 1. The minimum absolute atomic E-state index is 0.0661. The maximum Gasteiger partial charge on any atom is 0.314 e. The number of carbonyl (C=O) groups is 3. The van der Waals surface area contributed by atoms with E-state index >= 15 is 0 Å². The molecule has 4 N–H and O–H groups in total. The van der Waals surface area contributed by atoms with Crippen LogP contribution in [-0.4, -0.2) is 49.9 Å². The van der Waals surface area contributed by atoms with Crippen LogP contribution in [0.4, 0.5) is 0 Å². The lowest BCUT2D eigenvalue weighted by Gasteiger charge is -2.67. The van der Waals surface area contributed by atoms with Gasteiger partial charge in [0.2, 0.25) is 0 Å². The van der Waals surface area contributed by atoms with E-state index in [0.29, 0.717) is 19.3 Å². The van der Waals surface area contributed by atoms with Gasteiger partial charge in [0, 0.05) is 17.3 Å². The van der Waals surface area contributed by atoms with Crippen LogP contribution in [0.3, 0.4) is 0 Å². The molecule has 9 nitrogen and oxygen atoms in total. The molecule has 4 aliphatic rings. The third-order valence-electron chi connectivity index (χ3n) is 10.7. The molecule has 4 fully saturated rings. The molecular weight excluding hydrogens is 440 g/mol. The number of carboxylic acids is 2. The van der Waals surface area contributed by atoms with Crippen LogP contribution in [-0.2, 0) is 14.4 Å². The quantitative estimate of drug-likeness (QED) is 0.447. The van der Waals surface area contributed by atoms with Crippen molar-refractivity contribution < 1.29 is 34.8 Å². The van der Waals surface area contributed by atoms with E-state index in [-0.39, 0.29) is 18.8 Å². The monoisotopic (exact) mass is 472 g/mol. The molecule has 0 amide bonds. The molecular formula is C25H32N2O7. The van der Waals surface area contributed by atoms with Gasteiger partial charge in [-0.05, 0) is 49.9 Å². The van der Waals surface area contributed by atoms with Gasteiger partial charge >= 0.3 is 11.9 Å². The molecule has 4 aliphatic carbocycles. The van der Waals surface area contributed by atoms with Gasteiger partial charge in [-0.15, -0.1) is 0 Å². The number of aliphatic hydroxyl groups is 2. The van der Waals surface area contributed by atoms with Crippen LogP contribution in [0.5, 0.6) is 0 Å². The predicted molar refractivity (Wildman–Crippen MR) is 115 cm³/mol. The standard InChI is InChI=1S/C25H32N2O7/c1-4-25(34)6-5-13-16-12(10-26)7-24(11-27)9-14(28)17(20(30)31)19(21(32)33)23(24,3)18(16)15(29)8-22(13,25)2/h12-13,15-19,29,34H,4-9H2,1-3H3,(H,30,31)(H,32,33)/t12-,13-,15+,16-,17?,18-,19?,22-,23-,24+,25-/m0/s1. The van der Waals surface area contributed by atoms with Crippen molar-refractivity contribution in [1.82, 2.24) is 0 Å². The first-order chi connectivity index (χ1) is 15.8. The average Bonchev–Trinajstić information content (AvgIpc) is 3.02. The van der Waals surface area contributed by atoms with Gasteiger partial charge in [-0.2, -0.15) is 10.5 Å². The van der Waals surface area contributed by atoms with E-state index in [1.54, 1.807) is 0 Å². The molecule has 34 heavy (non-hydrogen) atoms. The van der Waals surface area contributed by atoms with Crippen LogP contribution in [0.15, 0.2) is 0 Å². The average molecular weight is 473 g/mol. The van der Waals surface area contributed by atoms with Crippen LogP contribution in [0.2, 0.25) is 0 Å². The second kappa shape index (κ2) is 7.50. The first kappa shape index (κ1) is 24.6. The summed E-state index contributed by atoms with van der Waals surface area (Å²) in [6, 6.07) is 4.44. The summed E-state index contributed by atoms with van der Waals surface area (Å²) in [6.45, 7) is 5.33. The molecule has 0 aliphatic heterocycles. The number of ketones is 1. The molecule has 4 saturated carbocycles. The summed E-state index contributed by atoms with van der Waals surface area (Å²) >= 11 is 0. The summed E-state index contributed by atoms with van der Waals surface area (Å²) in [6.07, 6.45) is -0.0106. The maximum atomic E-state index is 12.9. The van der Waals surface area contributed by atoms with Crippen molar-refractivity contribution in [3.05, 3.63) is 0 Å². The molecule has 0 radical (unpaired) electrons. The second-order valence-corrected chi connectivity index (χ2v) is 11.5. The fourth-order valence-electron chi connectivity index (χ4n) is 9.06. The largest absolute Gasteiger partial charge is 0.481 e. The van der Waals surface area contributed by atoms with E-state index in [4.69, 9.17) is 0 Å². The Labute approximate surface area is 198 Å². The number of hydrogen-bond donors (Lipinski definition) is 4. The Hall–Kier alpha value is -2.49. The highest BCUT2D eigenvalue weighted by Crippen LogP contribution is 2.73. The van der Waals surface area contributed by atoms with Crippen molar-refractivity contribution in [2.24, 2.45) is 51.8 Å². The maximum absolute atomic E-state index is 12.9. The summed E-state index contributed by atoms with van der Waals surface area (Å²) in [4.78, 5) is 37.6. The summed E-state index contributed by atoms with van der Waals surface area (Å²) in [5, 5.41) is 63.6. The van der Waals surface area contributed by atoms with Crippen LogP contribution < -0.4 is 0 Å². The van der Waals surface area contributed by atoms with Crippen molar-refractivity contribution in [1.29, 1.82) is 10.5 Å². The van der Waals surface area contributed by atoms with Gasteiger partial charge in [0.15, 0.2) is 0 Å². The van der Waals surface area contributed by atoms with Crippen LogP contribution in [0.1, 0.15) is 59.3 Å². The van der Waals surface area contributed by atoms with Crippen molar-refractivity contribution in [3.63, 3.8) is 0 Å². The fourth-order valence-corrected chi connectivity index (χ4v) is 9.06. The van der Waals surface area contributed by atoms with E-state index < -0.39 is 81.7 Å². The van der Waals surface area contributed by atoms with E-state index in [2.05, 4.69) is 12.1 Å². The fraction of sp³-hybridized carbons (Fsp3) is 0.800. The summed E-state index contributed by atoms with van der Waals surface area (Å²) in [5.74, 6) is -9.78. The van der Waals surface area contributed by atoms with Crippen molar-refractivity contribution in [2.75, 3.05) is 0 Å². The molecule has 0 aromatic rings. The van der Waals surface area contributed by atoms with Crippen molar-refractivity contribution >= 4 is 17.7 Å². The molecule has 0 spiro atoms. The van der Waals surface area contributed by atoms with E-state index in [1.165, 1.54) is 6.92 Å². The summed E-state index contributed by atoms with van der Waals surface area (Å²) in [5.41, 5.74) is -4.91. The van der Waals surface area contributed by atoms with E-state index in [9.17, 15) is 45.3 Å². The number of carbonyl (C=O) groups excluding carboxylic acids is 1. The van der Waals surface area contributed by atoms with Crippen LogP contribution >= 0.6 is 0 Å². The molecule has 9 heteroatoms. The van der Waals surface area contributed by atoms with Gasteiger partial charge < -0.3 is 20.4 Å². The number of nitriles is 2. The normalized spacial score (nSPS) is 51.9. The number of Topliss-reactive ketones (excluding diaryl/α,β-unsaturated/α-hetero) is 1. The first-order valence-electron chi connectivity index (χ1n) is 12.0. The Kier molecular flexibility index (Phi) is 5.43. The van der Waals surface area contributed by atoms with Gasteiger partial charge in [0.1, 0.15) is 11.7 Å². The highest BCUT2D eigenvalue weighted by Gasteiger charge is 2.76. The smallest absolute Gasteiger partial charge is 0.314 e. The zero-order chi connectivity index (χ0) is 25.4. The molecule has 0 bridgehead atoms. The number of rotatable bonds is 3. The molecule has 0 saturated heterocycles. The molecule has 2 unspecified atom stereocenters. The van der Waals surface area contributed by atoms with Crippen LogP contribution in [0.25, 0.3) is 0 Å². The van der Waals surface area contributed by atoms with Crippen LogP contribution in [0, 0.1) is 74.4 Å². The zero-order valence-corrected chi connectivity index (χ0v) is 19.7. The topological polar surface area (TPSA) is 180 Å². The number of nitrogens with zero attached hydrogens (tertiary/aromatic N) is 2. The SMILES string of the molecule is CC[C@]1(O)CC[C@H]2[C@H]3[C@H]([C@H](O)C[C@@]21C)[C@@]1(C)C(C(=O)O)C(C(=O)O)C(=O)C[C@@]1(C#N)C[C@H]3C#N. The first-order valence-corrected chi connectivity index (χ1v) is 12.0. The molecule has 0 heterocycles. The lowest BCUT2D eigenvalue weighted by Crippen LogP contribution is -2.71. The highest BCUT2D eigenvalue weighted by atomic mass is 16.4. The second-order valence-electron chi connectivity index (χ2n) is 11.5. The van der Waals surface area contributed by atoms with Crippen molar-refractivity contribution in [2.45, 2.75) is 71.0 Å². The third kappa shape index (κ3) is 2.69. The number of carboxylic acid groups (broad SMARTS) is 2. The lowest BCUT2D eigenvalue weighted by molar-refractivity contribution is -0.240. The molecule has 184 valence electrons. The van der Waals surface area contributed by atoms with E-state index in [0.717, 1.165) is 0 Å². The predicted octanol–water partition coefficient (Wildman–Crippen LogP) is 1.97. The molecule has 4 rings (SSSR count).